The van der Waals surface area contributed by atoms with E-state index in [1.807, 2.05) is 48.5 Å². The highest BCUT2D eigenvalue weighted by molar-refractivity contribution is 7.13. The Labute approximate surface area is 191 Å². The van der Waals surface area contributed by atoms with Gasteiger partial charge in [0, 0.05) is 17.1 Å². The molecule has 162 valence electrons. The first kappa shape index (κ1) is 20.6. The van der Waals surface area contributed by atoms with Crippen molar-refractivity contribution in [1.29, 1.82) is 0 Å². The van der Waals surface area contributed by atoms with Gasteiger partial charge in [-0.05, 0) is 17.2 Å². The summed E-state index contributed by atoms with van der Waals surface area (Å²) in [7, 11) is 0. The van der Waals surface area contributed by atoms with Crippen LogP contribution in [0, 0.1) is 0 Å². The Hall–Kier alpha value is -4.30. The summed E-state index contributed by atoms with van der Waals surface area (Å²) in [6, 6.07) is 20.1. The highest BCUT2D eigenvalue weighted by Gasteiger charge is 2.24. The fourth-order valence-electron chi connectivity index (χ4n) is 3.84. The van der Waals surface area contributed by atoms with Crippen LogP contribution in [0.5, 0.6) is 5.75 Å². The number of pyridine rings is 2. The number of thiazole rings is 1. The summed E-state index contributed by atoms with van der Waals surface area (Å²) in [4.78, 5) is 34.6. The smallest absolute Gasteiger partial charge is 0.358 e. The predicted molar refractivity (Wildman–Crippen MR) is 127 cm³/mol. The third kappa shape index (κ3) is 3.66. The summed E-state index contributed by atoms with van der Waals surface area (Å²) in [6.45, 7) is 0.218. The number of carbonyl (C=O) groups is 1. The fourth-order valence-corrected chi connectivity index (χ4v) is 4.45. The highest BCUT2D eigenvalue weighted by Crippen LogP contribution is 2.37. The summed E-state index contributed by atoms with van der Waals surface area (Å²) in [6.07, 6.45) is 1.57. The maximum absolute atomic E-state index is 13.8. The molecule has 3 heterocycles. The Kier molecular flexibility index (Phi) is 5.20. The van der Waals surface area contributed by atoms with Gasteiger partial charge in [0.25, 0.3) is 5.56 Å². The van der Waals surface area contributed by atoms with E-state index in [1.165, 1.54) is 11.3 Å². The Bertz CT molecular complexity index is 1530. The molecular weight excluding hydrogens is 438 g/mol. The summed E-state index contributed by atoms with van der Waals surface area (Å²) >= 11 is 1.28. The van der Waals surface area contributed by atoms with E-state index in [4.69, 9.17) is 0 Å². The third-order valence-electron chi connectivity index (χ3n) is 5.35. The van der Waals surface area contributed by atoms with E-state index >= 15 is 0 Å². The van der Waals surface area contributed by atoms with Crippen LogP contribution in [-0.2, 0) is 6.54 Å². The number of fused-ring (bicyclic) bond motifs is 1. The van der Waals surface area contributed by atoms with Gasteiger partial charge in [0.05, 0.1) is 22.4 Å². The fraction of sp³-hybridized carbons (Fsp3) is 0.0400. The lowest BCUT2D eigenvalue weighted by Gasteiger charge is -2.17. The molecule has 0 aliphatic heterocycles. The second kappa shape index (κ2) is 8.33. The van der Waals surface area contributed by atoms with Crippen LogP contribution in [0.15, 0.2) is 83.2 Å². The molecule has 2 aromatic carbocycles. The molecule has 2 N–H and O–H groups in total. The van der Waals surface area contributed by atoms with Gasteiger partial charge >= 0.3 is 5.97 Å². The Morgan fingerprint density at radius 2 is 1.73 bits per heavy atom. The van der Waals surface area contributed by atoms with Crippen LogP contribution >= 0.6 is 11.3 Å². The minimum Gasteiger partial charge on any atom is -0.505 e. The Balaban J connectivity index is 1.94. The van der Waals surface area contributed by atoms with Crippen molar-refractivity contribution in [2.24, 2.45) is 0 Å². The van der Waals surface area contributed by atoms with Gasteiger partial charge in [-0.2, -0.15) is 0 Å². The summed E-state index contributed by atoms with van der Waals surface area (Å²) in [5, 5.41) is 20.8. The van der Waals surface area contributed by atoms with Crippen LogP contribution in [0.3, 0.4) is 0 Å². The standard InChI is InChI=1S/C25H17N3O4S/c29-23-18-11-17(16-9-5-2-6-10-16)24(30)28(13-15-7-3-1-4-8-15)22(18)20(19-12-26-14-33-19)27-21(23)25(31)32/h1-12,14,29H,13H2,(H,31,32). The molecule has 0 aliphatic rings. The molecule has 0 amide bonds. The van der Waals surface area contributed by atoms with Crippen LogP contribution in [0.25, 0.3) is 32.6 Å². The number of aromatic nitrogens is 3. The first-order chi connectivity index (χ1) is 16.0. The summed E-state index contributed by atoms with van der Waals surface area (Å²) in [5.41, 5.74) is 3.40. The zero-order valence-corrected chi connectivity index (χ0v) is 18.0. The number of nitrogens with zero attached hydrogens (tertiary/aromatic N) is 3. The topological polar surface area (TPSA) is 105 Å². The lowest BCUT2D eigenvalue weighted by molar-refractivity contribution is 0.0687. The molecule has 0 atom stereocenters. The molecule has 33 heavy (non-hydrogen) atoms. The van der Waals surface area contributed by atoms with E-state index in [0.29, 0.717) is 21.5 Å². The number of benzene rings is 2. The van der Waals surface area contributed by atoms with Crippen LogP contribution < -0.4 is 5.56 Å². The number of hydrogen-bond acceptors (Lipinski definition) is 6. The average Bonchev–Trinajstić information content (AvgIpc) is 3.37. The average molecular weight is 455 g/mol. The molecule has 0 saturated carbocycles. The monoisotopic (exact) mass is 455 g/mol. The molecule has 5 rings (SSSR count). The molecule has 0 bridgehead atoms. The van der Waals surface area contributed by atoms with Gasteiger partial charge in [-0.1, -0.05) is 60.7 Å². The molecule has 0 radical (unpaired) electrons. The van der Waals surface area contributed by atoms with Crippen molar-refractivity contribution in [1.82, 2.24) is 14.5 Å². The Morgan fingerprint density at radius 1 is 1.03 bits per heavy atom. The second-order valence-electron chi connectivity index (χ2n) is 7.39. The molecule has 5 aromatic rings. The van der Waals surface area contributed by atoms with Crippen molar-refractivity contribution >= 4 is 28.2 Å². The zero-order valence-electron chi connectivity index (χ0n) is 17.2. The van der Waals surface area contributed by atoms with Gasteiger partial charge in [0.15, 0.2) is 11.4 Å². The Morgan fingerprint density at radius 3 is 2.36 bits per heavy atom. The minimum absolute atomic E-state index is 0.218. The normalized spacial score (nSPS) is 11.0. The quantitative estimate of drug-likeness (QED) is 0.400. The van der Waals surface area contributed by atoms with Gasteiger partial charge in [-0.25, -0.2) is 9.78 Å². The van der Waals surface area contributed by atoms with Gasteiger partial charge < -0.3 is 14.8 Å². The molecule has 0 fully saturated rings. The van der Waals surface area contributed by atoms with E-state index in [2.05, 4.69) is 9.97 Å². The zero-order chi connectivity index (χ0) is 22.9. The molecule has 0 spiro atoms. The van der Waals surface area contributed by atoms with Crippen LogP contribution in [-0.4, -0.2) is 30.7 Å². The van der Waals surface area contributed by atoms with Crippen molar-refractivity contribution in [3.05, 3.63) is 100 Å². The molecule has 0 aliphatic carbocycles. The second-order valence-corrected chi connectivity index (χ2v) is 8.28. The molecule has 8 heteroatoms. The van der Waals surface area contributed by atoms with Crippen LogP contribution in [0.4, 0.5) is 0 Å². The lowest BCUT2D eigenvalue weighted by Crippen LogP contribution is -2.24. The van der Waals surface area contributed by atoms with Crippen molar-refractivity contribution < 1.29 is 15.0 Å². The maximum atomic E-state index is 13.8. The summed E-state index contributed by atoms with van der Waals surface area (Å²) < 4.78 is 1.54. The summed E-state index contributed by atoms with van der Waals surface area (Å²) in [5.74, 6) is -1.84. The molecular formula is C25H17N3O4S. The van der Waals surface area contributed by atoms with E-state index in [0.717, 1.165) is 5.56 Å². The number of aromatic hydroxyl groups is 1. The van der Waals surface area contributed by atoms with Crippen molar-refractivity contribution in [2.45, 2.75) is 6.54 Å². The largest absolute Gasteiger partial charge is 0.505 e. The molecule has 3 aromatic heterocycles. The maximum Gasteiger partial charge on any atom is 0.358 e. The van der Waals surface area contributed by atoms with Gasteiger partial charge in [0.2, 0.25) is 0 Å². The van der Waals surface area contributed by atoms with Crippen molar-refractivity contribution in [2.75, 3.05) is 0 Å². The van der Waals surface area contributed by atoms with Gasteiger partial charge in [-0.15, -0.1) is 11.3 Å². The van der Waals surface area contributed by atoms with E-state index in [-0.39, 0.29) is 23.2 Å². The van der Waals surface area contributed by atoms with Crippen molar-refractivity contribution in [3.8, 4) is 27.4 Å². The number of carboxylic acids is 1. The van der Waals surface area contributed by atoms with Crippen LogP contribution in [0.2, 0.25) is 0 Å². The highest BCUT2D eigenvalue weighted by atomic mass is 32.1. The first-order valence-corrected chi connectivity index (χ1v) is 10.9. The van der Waals surface area contributed by atoms with Gasteiger partial charge in [0.1, 0.15) is 5.69 Å². The van der Waals surface area contributed by atoms with Crippen LogP contribution in [0.1, 0.15) is 16.1 Å². The first-order valence-electron chi connectivity index (χ1n) is 10.1. The SMILES string of the molecule is O=C(O)c1nc(-c2cncs2)c2c(cc(-c3ccccc3)c(=O)n2Cc2ccccc2)c1O. The number of rotatable bonds is 5. The van der Waals surface area contributed by atoms with E-state index < -0.39 is 17.4 Å². The molecule has 0 unspecified atom stereocenters. The van der Waals surface area contributed by atoms with Crippen molar-refractivity contribution in [3.63, 3.8) is 0 Å². The van der Waals surface area contributed by atoms with Gasteiger partial charge in [-0.3, -0.25) is 9.78 Å². The predicted octanol–water partition coefficient (Wildman–Crippen LogP) is 4.64. The van der Waals surface area contributed by atoms with E-state index in [9.17, 15) is 19.8 Å². The van der Waals surface area contributed by atoms with E-state index in [1.54, 1.807) is 34.5 Å². The lowest BCUT2D eigenvalue weighted by atomic mass is 10.0. The number of hydrogen-bond donors (Lipinski definition) is 2. The number of aromatic carboxylic acids is 1. The molecule has 0 saturated heterocycles. The molecule has 7 nitrogen and oxygen atoms in total. The third-order valence-corrected chi connectivity index (χ3v) is 6.13. The minimum atomic E-state index is -1.36. The number of carboxylic acid groups (broad SMARTS) is 1.